The van der Waals surface area contributed by atoms with E-state index in [2.05, 4.69) is 4.98 Å². The van der Waals surface area contributed by atoms with E-state index in [9.17, 15) is 14.7 Å². The number of rotatable bonds is 3. The van der Waals surface area contributed by atoms with Crippen molar-refractivity contribution in [3.63, 3.8) is 0 Å². The number of carbonyl (C=O) groups is 2. The summed E-state index contributed by atoms with van der Waals surface area (Å²) in [7, 11) is 0. The van der Waals surface area contributed by atoms with Gasteiger partial charge in [0.25, 0.3) is 0 Å². The average molecular weight is 285 g/mol. The smallest absolute Gasteiger partial charge is 0.319 e. The summed E-state index contributed by atoms with van der Waals surface area (Å²) in [6, 6.07) is 9.33. The van der Waals surface area contributed by atoms with E-state index in [1.54, 1.807) is 6.20 Å². The first-order valence-electron chi connectivity index (χ1n) is 6.80. The highest BCUT2D eigenvalue weighted by molar-refractivity contribution is 6.04. The summed E-state index contributed by atoms with van der Waals surface area (Å²) in [5, 5.41) is 10.5. The third-order valence-corrected chi connectivity index (χ3v) is 3.97. The Balaban J connectivity index is 2.06. The van der Waals surface area contributed by atoms with Crippen LogP contribution in [0, 0.1) is 5.41 Å². The van der Waals surface area contributed by atoms with Crippen LogP contribution in [0.2, 0.25) is 0 Å². The first-order valence-corrected chi connectivity index (χ1v) is 6.80. The van der Waals surface area contributed by atoms with Gasteiger partial charge in [0.2, 0.25) is 0 Å². The molecule has 1 N–H and O–H groups in total. The van der Waals surface area contributed by atoms with Gasteiger partial charge in [-0.25, -0.2) is 0 Å². The molecule has 2 heterocycles. The number of nitrogens with zero attached hydrogens (tertiary/aromatic N) is 1. The molecular formula is C16H15NO4. The summed E-state index contributed by atoms with van der Waals surface area (Å²) >= 11 is 0. The molecule has 0 radical (unpaired) electrons. The predicted octanol–water partition coefficient (Wildman–Crippen LogP) is 1.84. The van der Waals surface area contributed by atoms with Crippen LogP contribution in [0.5, 0.6) is 0 Å². The van der Waals surface area contributed by atoms with E-state index < -0.39 is 11.4 Å². The molecule has 0 bridgehead atoms. The van der Waals surface area contributed by atoms with Gasteiger partial charge < -0.3 is 9.84 Å². The number of para-hydroxylation sites is 1. The van der Waals surface area contributed by atoms with Gasteiger partial charge in [-0.2, -0.15) is 0 Å². The number of hydrogen-bond acceptors (Lipinski definition) is 4. The lowest BCUT2D eigenvalue weighted by Crippen LogP contribution is -2.48. The monoisotopic (exact) mass is 285 g/mol. The van der Waals surface area contributed by atoms with Gasteiger partial charge in [0.15, 0.2) is 11.2 Å². The Hall–Kier alpha value is -2.27. The van der Waals surface area contributed by atoms with Gasteiger partial charge >= 0.3 is 5.97 Å². The molecule has 5 nitrogen and oxygen atoms in total. The second-order valence-electron chi connectivity index (χ2n) is 5.28. The zero-order valence-corrected chi connectivity index (χ0v) is 11.4. The summed E-state index contributed by atoms with van der Waals surface area (Å²) in [5.74, 6) is -1.39. The molecule has 1 aromatic carbocycles. The Morgan fingerprint density at radius 2 is 2.14 bits per heavy atom. The number of carboxylic acid groups (broad SMARTS) is 1. The molecule has 1 saturated heterocycles. The van der Waals surface area contributed by atoms with Crippen LogP contribution in [-0.2, 0) is 20.7 Å². The maximum absolute atomic E-state index is 12.2. The minimum atomic E-state index is -1.50. The van der Waals surface area contributed by atoms with Crippen molar-refractivity contribution in [3.8, 4) is 0 Å². The molecule has 0 aliphatic carbocycles. The Kier molecular flexibility index (Phi) is 3.43. The van der Waals surface area contributed by atoms with Crippen LogP contribution in [0.15, 0.2) is 36.5 Å². The second kappa shape index (κ2) is 5.26. The van der Waals surface area contributed by atoms with Crippen LogP contribution in [0.3, 0.4) is 0 Å². The minimum Gasteiger partial charge on any atom is -0.480 e. The van der Waals surface area contributed by atoms with Crippen molar-refractivity contribution in [2.75, 3.05) is 13.2 Å². The van der Waals surface area contributed by atoms with Crippen molar-refractivity contribution >= 4 is 22.7 Å². The number of carbonyl (C=O) groups excluding carboxylic acids is 1. The topological polar surface area (TPSA) is 76.5 Å². The summed E-state index contributed by atoms with van der Waals surface area (Å²) < 4.78 is 5.28. The van der Waals surface area contributed by atoms with Crippen molar-refractivity contribution in [1.29, 1.82) is 0 Å². The van der Waals surface area contributed by atoms with Gasteiger partial charge in [0.1, 0.15) is 0 Å². The number of hydrogen-bond donors (Lipinski definition) is 1. The third kappa shape index (κ3) is 2.29. The molecule has 2 aromatic rings. The molecule has 3 rings (SSSR count). The first kappa shape index (κ1) is 13.7. The van der Waals surface area contributed by atoms with Gasteiger partial charge in [-0.15, -0.1) is 0 Å². The average Bonchev–Trinajstić information content (AvgIpc) is 2.50. The van der Waals surface area contributed by atoms with Gasteiger partial charge in [-0.05, 0) is 18.1 Å². The zero-order valence-electron chi connectivity index (χ0n) is 11.4. The molecule has 21 heavy (non-hydrogen) atoms. The number of carboxylic acids is 1. The third-order valence-electron chi connectivity index (χ3n) is 3.97. The number of fused-ring (bicyclic) bond motifs is 1. The summed E-state index contributed by atoms with van der Waals surface area (Å²) in [4.78, 5) is 28.2. The highest BCUT2D eigenvalue weighted by Crippen LogP contribution is 2.32. The molecule has 1 unspecified atom stereocenters. The molecule has 0 saturated carbocycles. The molecular weight excluding hydrogens is 270 g/mol. The van der Waals surface area contributed by atoms with Crippen LogP contribution < -0.4 is 0 Å². The first-order chi connectivity index (χ1) is 10.1. The van der Waals surface area contributed by atoms with Gasteiger partial charge in [0, 0.05) is 18.0 Å². The lowest BCUT2D eigenvalue weighted by molar-refractivity contribution is -0.164. The standard InChI is InChI=1S/C16H15NO4/c18-13-6-8-21-10-16(13,15(19)20)9-12-4-1-3-11-5-2-7-17-14(11)12/h1-5,7H,6,8-10H2,(H,19,20). The molecule has 0 amide bonds. The molecule has 0 spiro atoms. The van der Waals surface area contributed by atoms with Crippen molar-refractivity contribution in [2.24, 2.45) is 5.41 Å². The van der Waals surface area contributed by atoms with Gasteiger partial charge in [-0.3, -0.25) is 14.6 Å². The number of ketones is 1. The summed E-state index contributed by atoms with van der Waals surface area (Å²) in [6.45, 7) is 0.214. The number of aromatic nitrogens is 1. The van der Waals surface area contributed by atoms with Crippen molar-refractivity contribution in [3.05, 3.63) is 42.1 Å². The van der Waals surface area contributed by atoms with E-state index in [0.29, 0.717) is 6.61 Å². The Bertz CT molecular complexity index is 707. The van der Waals surface area contributed by atoms with E-state index in [4.69, 9.17) is 4.74 Å². The Labute approximate surface area is 121 Å². The lowest BCUT2D eigenvalue weighted by Gasteiger charge is -2.31. The van der Waals surface area contributed by atoms with Gasteiger partial charge in [-0.1, -0.05) is 24.3 Å². The van der Waals surface area contributed by atoms with Crippen LogP contribution >= 0.6 is 0 Å². The maximum Gasteiger partial charge on any atom is 0.319 e. The van der Waals surface area contributed by atoms with Crippen molar-refractivity contribution in [2.45, 2.75) is 12.8 Å². The second-order valence-corrected chi connectivity index (χ2v) is 5.28. The number of ether oxygens (including phenoxy) is 1. The fourth-order valence-electron chi connectivity index (χ4n) is 2.77. The SMILES string of the molecule is O=C(O)C1(Cc2cccc3cccnc23)COCCC1=O. The van der Waals surface area contributed by atoms with E-state index in [-0.39, 0.29) is 25.2 Å². The van der Waals surface area contributed by atoms with Crippen molar-refractivity contribution in [1.82, 2.24) is 4.98 Å². The van der Waals surface area contributed by atoms with Crippen LogP contribution in [0.1, 0.15) is 12.0 Å². The molecule has 1 aromatic heterocycles. The maximum atomic E-state index is 12.2. The summed E-state index contributed by atoms with van der Waals surface area (Å²) in [6.07, 6.45) is 1.92. The fraction of sp³-hybridized carbons (Fsp3) is 0.312. The molecule has 1 aliphatic rings. The van der Waals surface area contributed by atoms with Gasteiger partial charge in [0.05, 0.1) is 18.7 Å². The molecule has 1 aliphatic heterocycles. The van der Waals surface area contributed by atoms with E-state index in [1.807, 2.05) is 30.3 Å². The number of Topliss-reactive ketones (excluding diaryl/α,β-unsaturated/α-hetero) is 1. The van der Waals surface area contributed by atoms with E-state index >= 15 is 0 Å². The molecule has 5 heteroatoms. The Morgan fingerprint density at radius 1 is 1.33 bits per heavy atom. The highest BCUT2D eigenvalue weighted by Gasteiger charge is 2.48. The number of pyridine rings is 1. The Morgan fingerprint density at radius 3 is 2.90 bits per heavy atom. The predicted molar refractivity (Wildman–Crippen MR) is 76.0 cm³/mol. The van der Waals surface area contributed by atoms with Crippen molar-refractivity contribution < 1.29 is 19.4 Å². The van der Waals surface area contributed by atoms with Crippen LogP contribution in [0.4, 0.5) is 0 Å². The van der Waals surface area contributed by atoms with E-state index in [1.165, 1.54) is 0 Å². The fourth-order valence-corrected chi connectivity index (χ4v) is 2.77. The molecule has 108 valence electrons. The van der Waals surface area contributed by atoms with Crippen LogP contribution in [-0.4, -0.2) is 35.1 Å². The lowest BCUT2D eigenvalue weighted by atomic mass is 9.76. The normalized spacial score (nSPS) is 22.4. The summed E-state index contributed by atoms with van der Waals surface area (Å²) in [5.41, 5.74) is -0.00214. The van der Waals surface area contributed by atoms with E-state index in [0.717, 1.165) is 16.5 Å². The molecule has 1 atom stereocenters. The zero-order chi connectivity index (χ0) is 14.9. The van der Waals surface area contributed by atoms with Crippen LogP contribution in [0.25, 0.3) is 10.9 Å². The molecule has 1 fully saturated rings. The quantitative estimate of drug-likeness (QED) is 0.871. The largest absolute Gasteiger partial charge is 0.480 e. The number of aliphatic carboxylic acids is 1. The highest BCUT2D eigenvalue weighted by atomic mass is 16.5. The number of benzene rings is 1. The minimum absolute atomic E-state index is 0.0790.